The number of nitrogens with one attached hydrogen (secondary N) is 2. The lowest BCUT2D eigenvalue weighted by Gasteiger charge is -2.15. The summed E-state index contributed by atoms with van der Waals surface area (Å²) in [6, 6.07) is 8.95. The number of methoxy groups -OCH3 is 2. The Kier molecular flexibility index (Phi) is 8.57. The summed E-state index contributed by atoms with van der Waals surface area (Å²) in [7, 11) is 4.77. The van der Waals surface area contributed by atoms with Crippen molar-refractivity contribution >= 4 is 5.96 Å². The van der Waals surface area contributed by atoms with E-state index in [2.05, 4.69) is 20.6 Å². The lowest BCUT2D eigenvalue weighted by atomic mass is 10.1. The van der Waals surface area contributed by atoms with Crippen molar-refractivity contribution in [1.29, 1.82) is 0 Å². The van der Waals surface area contributed by atoms with Crippen LogP contribution in [0.1, 0.15) is 11.1 Å². The molecule has 0 atom stereocenters. The Hall–Kier alpha value is -3.17. The zero-order valence-electron chi connectivity index (χ0n) is 17.0. The number of guanidine groups is 1. The maximum absolute atomic E-state index is 12.4. The average molecular weight is 426 g/mol. The van der Waals surface area contributed by atoms with E-state index >= 15 is 0 Å². The summed E-state index contributed by atoms with van der Waals surface area (Å²) >= 11 is 0. The van der Waals surface area contributed by atoms with Gasteiger partial charge in [0.15, 0.2) is 24.1 Å². The third-order valence-electron chi connectivity index (χ3n) is 4.05. The minimum atomic E-state index is -4.43. The predicted octanol–water partition coefficient (Wildman–Crippen LogP) is 2.95. The fourth-order valence-electron chi connectivity index (χ4n) is 2.60. The largest absolute Gasteiger partial charge is 0.493 e. The molecule has 7 nitrogen and oxygen atoms in total. The zero-order chi connectivity index (χ0) is 22.0. The second-order valence-electron chi connectivity index (χ2n) is 6.16. The molecule has 0 amide bonds. The van der Waals surface area contributed by atoms with E-state index in [1.807, 2.05) is 18.2 Å². The number of aromatic nitrogens is 1. The number of alkyl halides is 3. The first-order valence-corrected chi connectivity index (χ1v) is 9.15. The SMILES string of the molecule is CN=C(NCCc1ccc(OC)c(OC)c1)NCc1cccnc1OCC(F)(F)F. The summed E-state index contributed by atoms with van der Waals surface area (Å²) < 4.78 is 52.5. The van der Waals surface area contributed by atoms with Crippen LogP contribution in [0, 0.1) is 0 Å². The fourth-order valence-corrected chi connectivity index (χ4v) is 2.60. The molecular weight excluding hydrogens is 401 g/mol. The van der Waals surface area contributed by atoms with Crippen molar-refractivity contribution in [2.75, 3.05) is 34.4 Å². The molecule has 2 N–H and O–H groups in total. The lowest BCUT2D eigenvalue weighted by molar-refractivity contribution is -0.154. The zero-order valence-corrected chi connectivity index (χ0v) is 17.0. The summed E-state index contributed by atoms with van der Waals surface area (Å²) in [5, 5.41) is 6.20. The molecular formula is C20H25F3N4O3. The van der Waals surface area contributed by atoms with Crippen LogP contribution < -0.4 is 24.8 Å². The van der Waals surface area contributed by atoms with E-state index in [1.165, 1.54) is 6.20 Å². The highest BCUT2D eigenvalue weighted by molar-refractivity contribution is 5.79. The number of nitrogens with zero attached hydrogens (tertiary/aromatic N) is 2. The van der Waals surface area contributed by atoms with E-state index in [-0.39, 0.29) is 12.4 Å². The van der Waals surface area contributed by atoms with Crippen molar-refractivity contribution in [2.45, 2.75) is 19.1 Å². The van der Waals surface area contributed by atoms with Gasteiger partial charge in [0.2, 0.25) is 5.88 Å². The van der Waals surface area contributed by atoms with Gasteiger partial charge >= 0.3 is 6.18 Å². The molecule has 1 aromatic carbocycles. The Morgan fingerprint density at radius 3 is 2.53 bits per heavy atom. The highest BCUT2D eigenvalue weighted by Gasteiger charge is 2.29. The Morgan fingerprint density at radius 1 is 1.10 bits per heavy atom. The van der Waals surface area contributed by atoms with E-state index in [4.69, 9.17) is 14.2 Å². The summed E-state index contributed by atoms with van der Waals surface area (Å²) in [5.74, 6) is 1.75. The first kappa shape index (κ1) is 23.1. The Bertz CT molecular complexity index is 844. The van der Waals surface area contributed by atoms with Crippen molar-refractivity contribution in [3.8, 4) is 17.4 Å². The number of rotatable bonds is 9. The molecule has 0 radical (unpaired) electrons. The second kappa shape index (κ2) is 11.1. The van der Waals surface area contributed by atoms with Crippen LogP contribution in [0.3, 0.4) is 0 Å². The van der Waals surface area contributed by atoms with Crippen LogP contribution in [0.2, 0.25) is 0 Å². The maximum Gasteiger partial charge on any atom is 0.422 e. The monoisotopic (exact) mass is 426 g/mol. The average Bonchev–Trinajstić information content (AvgIpc) is 2.74. The number of halogens is 3. The molecule has 2 rings (SSSR count). The highest BCUT2D eigenvalue weighted by atomic mass is 19.4. The molecule has 0 aliphatic rings. The molecule has 2 aromatic rings. The molecule has 0 saturated heterocycles. The molecule has 10 heteroatoms. The van der Waals surface area contributed by atoms with Crippen molar-refractivity contribution in [2.24, 2.45) is 4.99 Å². The normalized spacial score (nSPS) is 11.7. The maximum atomic E-state index is 12.4. The van der Waals surface area contributed by atoms with Crippen LogP contribution in [-0.2, 0) is 13.0 Å². The van der Waals surface area contributed by atoms with E-state index in [0.29, 0.717) is 36.0 Å². The first-order chi connectivity index (χ1) is 14.4. The predicted molar refractivity (Wildman–Crippen MR) is 107 cm³/mol. The number of pyridine rings is 1. The molecule has 164 valence electrons. The summed E-state index contributed by atoms with van der Waals surface area (Å²) in [5.41, 5.74) is 1.54. The molecule has 0 saturated carbocycles. The molecule has 0 spiro atoms. The molecule has 1 heterocycles. The van der Waals surface area contributed by atoms with Crippen molar-refractivity contribution in [3.05, 3.63) is 47.7 Å². The van der Waals surface area contributed by atoms with E-state index in [1.54, 1.807) is 33.4 Å². The van der Waals surface area contributed by atoms with Gasteiger partial charge in [0.05, 0.1) is 14.2 Å². The second-order valence-corrected chi connectivity index (χ2v) is 6.16. The molecule has 30 heavy (non-hydrogen) atoms. The third-order valence-corrected chi connectivity index (χ3v) is 4.05. The van der Waals surface area contributed by atoms with E-state index in [0.717, 1.165) is 5.56 Å². The minimum absolute atomic E-state index is 0.0666. The molecule has 0 aliphatic heterocycles. The van der Waals surface area contributed by atoms with Gasteiger partial charge in [-0.3, -0.25) is 4.99 Å². The quantitative estimate of drug-likeness (QED) is 0.474. The van der Waals surface area contributed by atoms with Crippen LogP contribution >= 0.6 is 0 Å². The van der Waals surface area contributed by atoms with Gasteiger partial charge in [-0.05, 0) is 30.2 Å². The van der Waals surface area contributed by atoms with Crippen LogP contribution in [-0.4, -0.2) is 51.5 Å². The lowest BCUT2D eigenvalue weighted by Crippen LogP contribution is -2.38. The number of ether oxygens (including phenoxy) is 3. The van der Waals surface area contributed by atoms with Crippen LogP contribution in [0.25, 0.3) is 0 Å². The number of aliphatic imine (C=N–C) groups is 1. The topological polar surface area (TPSA) is 77.0 Å². The Morgan fingerprint density at radius 2 is 1.87 bits per heavy atom. The van der Waals surface area contributed by atoms with Gasteiger partial charge in [-0.2, -0.15) is 13.2 Å². The highest BCUT2D eigenvalue weighted by Crippen LogP contribution is 2.27. The molecule has 0 aliphatic carbocycles. The number of hydrogen-bond donors (Lipinski definition) is 2. The van der Waals surface area contributed by atoms with Gasteiger partial charge in [-0.25, -0.2) is 4.98 Å². The van der Waals surface area contributed by atoms with Gasteiger partial charge in [-0.1, -0.05) is 12.1 Å². The number of hydrogen-bond acceptors (Lipinski definition) is 5. The fraction of sp³-hybridized carbons (Fsp3) is 0.400. The molecule has 0 bridgehead atoms. The standard InChI is InChI=1S/C20H25F3N4O3/c1-24-19(26-10-8-14-6-7-16(28-2)17(11-14)29-3)27-12-15-5-4-9-25-18(15)30-13-20(21,22)23/h4-7,9,11H,8,10,12-13H2,1-3H3,(H2,24,26,27). The van der Waals surface area contributed by atoms with Crippen LogP contribution in [0.15, 0.2) is 41.5 Å². The minimum Gasteiger partial charge on any atom is -0.493 e. The van der Waals surface area contributed by atoms with Gasteiger partial charge < -0.3 is 24.8 Å². The van der Waals surface area contributed by atoms with Crippen LogP contribution in [0.5, 0.6) is 17.4 Å². The van der Waals surface area contributed by atoms with E-state index in [9.17, 15) is 13.2 Å². The smallest absolute Gasteiger partial charge is 0.422 e. The first-order valence-electron chi connectivity index (χ1n) is 9.15. The Labute approximate surface area is 173 Å². The van der Waals surface area contributed by atoms with Gasteiger partial charge in [0.25, 0.3) is 0 Å². The molecule has 0 fully saturated rings. The van der Waals surface area contributed by atoms with Gasteiger partial charge in [0, 0.05) is 31.9 Å². The van der Waals surface area contributed by atoms with Gasteiger partial charge in [-0.15, -0.1) is 0 Å². The third kappa shape index (κ3) is 7.34. The number of benzene rings is 1. The summed E-state index contributed by atoms with van der Waals surface area (Å²) in [6.07, 6.45) is -2.34. The van der Waals surface area contributed by atoms with Crippen molar-refractivity contribution in [1.82, 2.24) is 15.6 Å². The van der Waals surface area contributed by atoms with E-state index < -0.39 is 12.8 Å². The summed E-state index contributed by atoms with van der Waals surface area (Å²) in [6.45, 7) is -0.605. The molecule has 0 unspecified atom stereocenters. The van der Waals surface area contributed by atoms with Crippen molar-refractivity contribution < 1.29 is 27.4 Å². The Balaban J connectivity index is 1.87. The van der Waals surface area contributed by atoms with Gasteiger partial charge in [0.1, 0.15) is 0 Å². The van der Waals surface area contributed by atoms with Crippen LogP contribution in [0.4, 0.5) is 13.2 Å². The van der Waals surface area contributed by atoms with Crippen molar-refractivity contribution in [3.63, 3.8) is 0 Å². The summed E-state index contributed by atoms with van der Waals surface area (Å²) in [4.78, 5) is 7.99. The molecule has 1 aromatic heterocycles.